The first-order valence-electron chi connectivity index (χ1n) is 6.89. The van der Waals surface area contributed by atoms with Gasteiger partial charge in [-0.15, -0.1) is 23.1 Å². The quantitative estimate of drug-likeness (QED) is 0.538. The average molecular weight is 340 g/mol. The second kappa shape index (κ2) is 6.02. The summed E-state index contributed by atoms with van der Waals surface area (Å²) in [6.07, 6.45) is 6.97. The van der Waals surface area contributed by atoms with Crippen LogP contribution in [0, 0.1) is 0 Å². The second-order valence-electron chi connectivity index (χ2n) is 4.82. The summed E-state index contributed by atoms with van der Waals surface area (Å²) in [6, 6.07) is 10.3. The van der Waals surface area contributed by atoms with Crippen LogP contribution in [0.15, 0.2) is 58.5 Å². The lowest BCUT2D eigenvalue weighted by Crippen LogP contribution is -1.94. The number of hydrogen-bond donors (Lipinski definition) is 1. The van der Waals surface area contributed by atoms with Gasteiger partial charge in [-0.1, -0.05) is 5.16 Å². The van der Waals surface area contributed by atoms with Gasteiger partial charge in [0.15, 0.2) is 0 Å². The molecule has 3 heterocycles. The van der Waals surface area contributed by atoms with Crippen LogP contribution >= 0.6 is 23.1 Å². The number of aromatic nitrogens is 3. The number of fused-ring (bicyclic) bond motifs is 1. The third-order valence-corrected chi connectivity index (χ3v) is 5.23. The van der Waals surface area contributed by atoms with Gasteiger partial charge in [-0.25, -0.2) is 9.97 Å². The highest BCUT2D eigenvalue weighted by atomic mass is 32.2. The molecule has 0 aliphatic rings. The molecule has 0 spiro atoms. The van der Waals surface area contributed by atoms with Crippen LogP contribution in [0.2, 0.25) is 0 Å². The van der Waals surface area contributed by atoms with Gasteiger partial charge in [0.2, 0.25) is 0 Å². The van der Waals surface area contributed by atoms with Gasteiger partial charge in [-0.3, -0.25) is 0 Å². The van der Waals surface area contributed by atoms with Gasteiger partial charge in [-0.2, -0.15) is 0 Å². The van der Waals surface area contributed by atoms with Gasteiger partial charge in [0.05, 0.1) is 17.1 Å². The molecule has 3 aromatic heterocycles. The van der Waals surface area contributed by atoms with Crippen molar-refractivity contribution in [2.45, 2.75) is 4.90 Å². The first-order chi connectivity index (χ1) is 11.3. The van der Waals surface area contributed by atoms with Gasteiger partial charge in [-0.05, 0) is 36.6 Å². The van der Waals surface area contributed by atoms with E-state index >= 15 is 0 Å². The number of thiophene rings is 1. The molecule has 1 aromatic carbocycles. The van der Waals surface area contributed by atoms with E-state index in [1.807, 2.05) is 12.1 Å². The lowest BCUT2D eigenvalue weighted by Gasteiger charge is -2.06. The van der Waals surface area contributed by atoms with E-state index in [9.17, 15) is 0 Å². The Bertz CT molecular complexity index is 933. The highest BCUT2D eigenvalue weighted by Crippen LogP contribution is 2.35. The van der Waals surface area contributed by atoms with Gasteiger partial charge in [0.25, 0.3) is 0 Å². The van der Waals surface area contributed by atoms with Crippen LogP contribution in [0.5, 0.6) is 0 Å². The zero-order valence-corrected chi connectivity index (χ0v) is 13.8. The summed E-state index contributed by atoms with van der Waals surface area (Å²) in [4.78, 5) is 12.0. The van der Waals surface area contributed by atoms with Crippen LogP contribution in [-0.4, -0.2) is 21.4 Å². The molecule has 0 atom stereocenters. The Morgan fingerprint density at radius 1 is 1.17 bits per heavy atom. The Hall–Kier alpha value is -2.38. The molecule has 0 aliphatic carbocycles. The SMILES string of the molecule is CSc1ccc(Nc2ncnc3sc(-c4cnoc4)cc23)cc1. The minimum absolute atomic E-state index is 0.797. The molecule has 0 aliphatic heterocycles. The van der Waals surface area contributed by atoms with Crippen molar-refractivity contribution in [3.05, 3.63) is 49.1 Å². The minimum Gasteiger partial charge on any atom is -0.364 e. The first kappa shape index (κ1) is 14.2. The molecule has 7 heteroatoms. The number of nitrogens with one attached hydrogen (secondary N) is 1. The van der Waals surface area contributed by atoms with E-state index in [1.165, 1.54) is 4.90 Å². The Balaban J connectivity index is 1.71. The molecular formula is C16H12N4OS2. The molecule has 4 aromatic rings. The third-order valence-electron chi connectivity index (χ3n) is 3.40. The molecule has 0 fully saturated rings. The molecule has 0 saturated heterocycles. The normalized spacial score (nSPS) is 11.0. The van der Waals surface area contributed by atoms with Gasteiger partial charge in [0.1, 0.15) is 23.2 Å². The summed E-state index contributed by atoms with van der Waals surface area (Å²) in [5.41, 5.74) is 1.95. The Morgan fingerprint density at radius 3 is 2.78 bits per heavy atom. The van der Waals surface area contributed by atoms with Crippen molar-refractivity contribution in [3.63, 3.8) is 0 Å². The number of rotatable bonds is 4. The summed E-state index contributed by atoms with van der Waals surface area (Å²) in [6.45, 7) is 0. The van der Waals surface area contributed by atoms with Gasteiger partial charge < -0.3 is 9.84 Å². The molecule has 0 bridgehead atoms. The lowest BCUT2D eigenvalue weighted by molar-refractivity contribution is 0.420. The maximum absolute atomic E-state index is 4.92. The summed E-state index contributed by atoms with van der Waals surface area (Å²) >= 11 is 3.31. The highest BCUT2D eigenvalue weighted by molar-refractivity contribution is 7.98. The molecule has 0 unspecified atom stereocenters. The molecule has 5 nitrogen and oxygen atoms in total. The fraction of sp³-hybridized carbons (Fsp3) is 0.0625. The van der Waals surface area contributed by atoms with Crippen molar-refractivity contribution in [1.29, 1.82) is 0 Å². The fourth-order valence-corrected chi connectivity index (χ4v) is 3.61. The van der Waals surface area contributed by atoms with Gasteiger partial charge >= 0.3 is 0 Å². The van der Waals surface area contributed by atoms with E-state index in [2.05, 4.69) is 44.9 Å². The summed E-state index contributed by atoms with van der Waals surface area (Å²) in [5.74, 6) is 0.797. The number of thioether (sulfide) groups is 1. The Morgan fingerprint density at radius 2 is 2.04 bits per heavy atom. The van der Waals surface area contributed by atoms with Crippen molar-refractivity contribution >= 4 is 44.8 Å². The first-order valence-corrected chi connectivity index (χ1v) is 8.93. The molecular weight excluding hydrogens is 328 g/mol. The maximum atomic E-state index is 4.92. The van der Waals surface area contributed by atoms with Crippen LogP contribution in [0.3, 0.4) is 0 Å². The largest absolute Gasteiger partial charge is 0.364 e. The topological polar surface area (TPSA) is 63.8 Å². The van der Waals surface area contributed by atoms with Crippen LogP contribution in [0.4, 0.5) is 11.5 Å². The van der Waals surface area contributed by atoms with Gasteiger partial charge in [0, 0.05) is 15.5 Å². The molecule has 114 valence electrons. The molecule has 0 radical (unpaired) electrons. The van der Waals surface area contributed by atoms with Crippen LogP contribution in [0.25, 0.3) is 20.7 Å². The van der Waals surface area contributed by atoms with Crippen LogP contribution in [-0.2, 0) is 0 Å². The number of nitrogens with zero attached hydrogens (tertiary/aromatic N) is 3. The van der Waals surface area contributed by atoms with Crippen LogP contribution < -0.4 is 5.32 Å². The Kier molecular flexibility index (Phi) is 3.72. The van der Waals surface area contributed by atoms with Crippen molar-refractivity contribution < 1.29 is 4.52 Å². The molecule has 0 amide bonds. The maximum Gasteiger partial charge on any atom is 0.142 e. The zero-order chi connectivity index (χ0) is 15.6. The van der Waals surface area contributed by atoms with E-state index in [0.717, 1.165) is 32.2 Å². The third kappa shape index (κ3) is 2.80. The number of anilines is 2. The standard InChI is InChI=1S/C16H12N4OS2/c1-22-12-4-2-11(3-5-12)20-15-13-6-14(10-7-19-21-8-10)23-16(13)18-9-17-15/h2-9H,1H3,(H,17,18,20). The lowest BCUT2D eigenvalue weighted by atomic mass is 10.2. The molecule has 4 rings (SSSR count). The van der Waals surface area contributed by atoms with Crippen molar-refractivity contribution in [2.24, 2.45) is 0 Å². The van der Waals surface area contributed by atoms with E-state index in [-0.39, 0.29) is 0 Å². The smallest absolute Gasteiger partial charge is 0.142 e. The second-order valence-corrected chi connectivity index (χ2v) is 6.73. The van der Waals surface area contributed by atoms with E-state index < -0.39 is 0 Å². The van der Waals surface area contributed by atoms with Crippen molar-refractivity contribution in [3.8, 4) is 10.4 Å². The Labute approximate surface area is 140 Å². The average Bonchev–Trinajstić information content (AvgIpc) is 3.25. The molecule has 23 heavy (non-hydrogen) atoms. The predicted octanol–water partition coefficient (Wildman–Crippen LogP) is 4.81. The van der Waals surface area contributed by atoms with Crippen LogP contribution in [0.1, 0.15) is 0 Å². The number of benzene rings is 1. The minimum atomic E-state index is 0.797. The summed E-state index contributed by atoms with van der Waals surface area (Å²) in [7, 11) is 0. The van der Waals surface area contributed by atoms with E-state index in [0.29, 0.717) is 0 Å². The monoisotopic (exact) mass is 340 g/mol. The zero-order valence-electron chi connectivity index (χ0n) is 12.2. The summed E-state index contributed by atoms with van der Waals surface area (Å²) < 4.78 is 4.92. The summed E-state index contributed by atoms with van der Waals surface area (Å²) in [5, 5.41) is 8.11. The van der Waals surface area contributed by atoms with E-state index in [4.69, 9.17) is 4.52 Å². The molecule has 0 saturated carbocycles. The highest BCUT2D eigenvalue weighted by Gasteiger charge is 2.11. The van der Waals surface area contributed by atoms with Crippen molar-refractivity contribution in [2.75, 3.05) is 11.6 Å². The predicted molar refractivity (Wildman–Crippen MR) is 94.4 cm³/mol. The molecule has 1 N–H and O–H groups in total. The fourth-order valence-electron chi connectivity index (χ4n) is 2.24. The van der Waals surface area contributed by atoms with E-state index in [1.54, 1.807) is 41.9 Å². The van der Waals surface area contributed by atoms with Crippen molar-refractivity contribution in [1.82, 2.24) is 15.1 Å². The number of hydrogen-bond acceptors (Lipinski definition) is 7.